The van der Waals surface area contributed by atoms with Crippen LogP contribution in [0.5, 0.6) is 0 Å². The van der Waals surface area contributed by atoms with Gasteiger partial charge >= 0.3 is 5.97 Å². The first-order valence-corrected chi connectivity index (χ1v) is 9.37. The molecule has 26 heavy (non-hydrogen) atoms. The summed E-state index contributed by atoms with van der Waals surface area (Å²) in [4.78, 5) is 18.8. The van der Waals surface area contributed by atoms with E-state index >= 15 is 0 Å². The monoisotopic (exact) mass is 380 g/mol. The van der Waals surface area contributed by atoms with Crippen molar-refractivity contribution >= 4 is 24.6 Å². The average molecular weight is 381 g/mol. The summed E-state index contributed by atoms with van der Waals surface area (Å²) in [6, 6.07) is 10.6. The number of carboxylic acid groups (broad SMARTS) is 1. The van der Waals surface area contributed by atoms with Gasteiger partial charge in [-0.1, -0.05) is 48.3 Å². The van der Waals surface area contributed by atoms with Crippen LogP contribution in [0.25, 0.3) is 0 Å². The molecule has 0 unspecified atom stereocenters. The zero-order valence-electron chi connectivity index (χ0n) is 15.2. The van der Waals surface area contributed by atoms with Crippen molar-refractivity contribution in [1.82, 2.24) is 4.90 Å². The average Bonchev–Trinajstić information content (AvgIpc) is 3.12. The third kappa shape index (κ3) is 5.21. The van der Waals surface area contributed by atoms with E-state index in [1.165, 1.54) is 18.4 Å². The molecule has 0 radical (unpaired) electrons. The van der Waals surface area contributed by atoms with Crippen LogP contribution < -0.4 is 0 Å². The molecule has 1 aliphatic carbocycles. The number of aliphatic carboxylic acids is 1. The highest BCUT2D eigenvalue weighted by Gasteiger charge is 2.34. The number of carbonyl (C=O) groups is 1. The molecule has 144 valence electrons. The Morgan fingerprint density at radius 2 is 2.00 bits per heavy atom. The van der Waals surface area contributed by atoms with Crippen LogP contribution in [0.3, 0.4) is 0 Å². The molecule has 0 amide bonds. The summed E-state index contributed by atoms with van der Waals surface area (Å²) < 4.78 is 0. The number of hydrogen-bond donors (Lipinski definition) is 1. The van der Waals surface area contributed by atoms with Gasteiger partial charge in [0.1, 0.15) is 6.61 Å². The Kier molecular flexibility index (Phi) is 7.91. The molecule has 1 aliphatic heterocycles. The third-order valence-corrected chi connectivity index (χ3v) is 5.57. The van der Waals surface area contributed by atoms with E-state index in [2.05, 4.69) is 34.3 Å². The highest BCUT2D eigenvalue weighted by atomic mass is 35.5. The topological polar surface area (TPSA) is 62.1 Å². The van der Waals surface area contributed by atoms with Crippen molar-refractivity contribution in [1.29, 1.82) is 0 Å². The van der Waals surface area contributed by atoms with E-state index < -0.39 is 5.97 Å². The van der Waals surface area contributed by atoms with Crippen LogP contribution >= 0.6 is 12.4 Å². The maximum atomic E-state index is 11.1. The number of likely N-dealkylation sites (tertiary alicyclic amines) is 1. The number of carboxylic acids is 1. The minimum Gasteiger partial charge on any atom is -0.481 e. The first-order valence-electron chi connectivity index (χ1n) is 9.37. The predicted octanol–water partition coefficient (Wildman–Crippen LogP) is 3.72. The van der Waals surface area contributed by atoms with Gasteiger partial charge in [-0.2, -0.15) is 0 Å². The first kappa shape index (κ1) is 20.7. The molecule has 2 aliphatic rings. The third-order valence-electron chi connectivity index (χ3n) is 5.57. The van der Waals surface area contributed by atoms with Crippen LogP contribution in [0.15, 0.2) is 35.5 Å². The van der Waals surface area contributed by atoms with Gasteiger partial charge in [-0.15, -0.1) is 12.4 Å². The molecular weight excluding hydrogens is 352 g/mol. The summed E-state index contributed by atoms with van der Waals surface area (Å²) in [5, 5.41) is 13.4. The summed E-state index contributed by atoms with van der Waals surface area (Å²) in [6.07, 6.45) is 8.41. The molecule has 1 N–H and O–H groups in total. The Bertz CT molecular complexity index is 588. The van der Waals surface area contributed by atoms with Crippen LogP contribution in [0.4, 0.5) is 0 Å². The fraction of sp³-hybridized carbons (Fsp3) is 0.600. The van der Waals surface area contributed by atoms with E-state index in [0.717, 1.165) is 38.8 Å². The molecule has 0 spiro atoms. The number of hydrogen-bond acceptors (Lipinski definition) is 4. The van der Waals surface area contributed by atoms with Gasteiger partial charge < -0.3 is 9.94 Å². The minimum atomic E-state index is -0.685. The summed E-state index contributed by atoms with van der Waals surface area (Å²) in [6.45, 7) is 2.81. The van der Waals surface area contributed by atoms with E-state index in [1.54, 1.807) is 0 Å². The lowest BCUT2D eigenvalue weighted by Gasteiger charge is -2.30. The molecule has 1 saturated heterocycles. The fourth-order valence-electron chi connectivity index (χ4n) is 4.09. The molecule has 1 atom stereocenters. The molecule has 1 aromatic carbocycles. The first-order chi connectivity index (χ1) is 12.2. The van der Waals surface area contributed by atoms with Crippen molar-refractivity contribution in [3.63, 3.8) is 0 Å². The van der Waals surface area contributed by atoms with Crippen molar-refractivity contribution in [3.8, 4) is 0 Å². The largest absolute Gasteiger partial charge is 0.481 e. The molecule has 1 aromatic rings. The molecule has 1 heterocycles. The summed E-state index contributed by atoms with van der Waals surface area (Å²) >= 11 is 0. The second-order valence-corrected chi connectivity index (χ2v) is 7.28. The van der Waals surface area contributed by atoms with E-state index in [1.807, 2.05) is 12.3 Å². The van der Waals surface area contributed by atoms with Gasteiger partial charge in [0.05, 0.1) is 12.1 Å². The van der Waals surface area contributed by atoms with E-state index in [-0.39, 0.29) is 23.7 Å². The lowest BCUT2D eigenvalue weighted by Crippen LogP contribution is -2.40. The summed E-state index contributed by atoms with van der Waals surface area (Å²) in [5.74, 6) is -0.924. The maximum Gasteiger partial charge on any atom is 0.307 e. The molecule has 2 fully saturated rings. The number of piperidine rings is 1. The van der Waals surface area contributed by atoms with Gasteiger partial charge in [0, 0.05) is 18.5 Å². The Labute approximate surface area is 161 Å². The molecule has 0 aromatic heterocycles. The Balaban J connectivity index is 0.00000243. The molecular formula is C20H29ClN2O3. The number of benzene rings is 1. The van der Waals surface area contributed by atoms with Crippen molar-refractivity contribution in [2.45, 2.75) is 43.9 Å². The Morgan fingerprint density at radius 3 is 2.69 bits per heavy atom. The predicted molar refractivity (Wildman–Crippen MR) is 105 cm³/mol. The van der Waals surface area contributed by atoms with Crippen molar-refractivity contribution in [2.24, 2.45) is 11.1 Å². The molecule has 6 heteroatoms. The van der Waals surface area contributed by atoms with Crippen LogP contribution in [0.1, 0.15) is 44.1 Å². The van der Waals surface area contributed by atoms with Crippen LogP contribution in [-0.4, -0.2) is 48.4 Å². The zero-order chi connectivity index (χ0) is 17.5. The van der Waals surface area contributed by atoms with E-state index in [4.69, 9.17) is 9.94 Å². The van der Waals surface area contributed by atoms with E-state index in [0.29, 0.717) is 13.2 Å². The second kappa shape index (κ2) is 9.93. The van der Waals surface area contributed by atoms with Gasteiger partial charge in [-0.05, 0) is 37.8 Å². The molecule has 1 saturated carbocycles. The van der Waals surface area contributed by atoms with Gasteiger partial charge in [-0.25, -0.2) is 0 Å². The van der Waals surface area contributed by atoms with Crippen molar-refractivity contribution < 1.29 is 14.7 Å². The fourth-order valence-corrected chi connectivity index (χ4v) is 4.09. The zero-order valence-corrected chi connectivity index (χ0v) is 16.0. The summed E-state index contributed by atoms with van der Waals surface area (Å²) in [7, 11) is 0. The number of oxime groups is 1. The lowest BCUT2D eigenvalue weighted by atomic mass is 9.80. The lowest BCUT2D eigenvalue weighted by molar-refractivity contribution is -0.143. The van der Waals surface area contributed by atoms with Gasteiger partial charge in [0.15, 0.2) is 0 Å². The number of nitrogens with zero attached hydrogens (tertiary/aromatic N) is 2. The highest BCUT2D eigenvalue weighted by molar-refractivity contribution is 5.85. The SMILES string of the molecule is Cl.O=C(O)[C@@H]1CCCN(CCO/N=C/C2(c3ccccc3)CCCC2)C1. The standard InChI is InChI=1S/C20H28N2O3.ClH/c23-19(24)17-7-6-12-22(15-17)13-14-25-21-16-20(10-4-5-11-20)18-8-2-1-3-9-18;/h1-3,8-9,16-17H,4-7,10-15H2,(H,23,24);1H/b21-16+;/t17-;/m1./s1. The highest BCUT2D eigenvalue weighted by Crippen LogP contribution is 2.39. The number of halogens is 1. The van der Waals surface area contributed by atoms with Crippen molar-refractivity contribution in [3.05, 3.63) is 35.9 Å². The van der Waals surface area contributed by atoms with Crippen LogP contribution in [-0.2, 0) is 15.0 Å². The maximum absolute atomic E-state index is 11.1. The van der Waals surface area contributed by atoms with Gasteiger partial charge in [0.25, 0.3) is 0 Å². The normalized spacial score (nSPS) is 22.8. The van der Waals surface area contributed by atoms with Gasteiger partial charge in [-0.3, -0.25) is 9.69 Å². The quantitative estimate of drug-likeness (QED) is 0.445. The minimum absolute atomic E-state index is 0. The van der Waals surface area contributed by atoms with E-state index in [9.17, 15) is 4.79 Å². The Hall–Kier alpha value is -1.59. The smallest absolute Gasteiger partial charge is 0.307 e. The second-order valence-electron chi connectivity index (χ2n) is 7.28. The Morgan fingerprint density at radius 1 is 1.27 bits per heavy atom. The van der Waals surface area contributed by atoms with Gasteiger partial charge in [0.2, 0.25) is 0 Å². The molecule has 3 rings (SSSR count). The van der Waals surface area contributed by atoms with Crippen LogP contribution in [0.2, 0.25) is 0 Å². The summed E-state index contributed by atoms with van der Waals surface area (Å²) in [5.41, 5.74) is 1.33. The van der Waals surface area contributed by atoms with Crippen LogP contribution in [0, 0.1) is 5.92 Å². The van der Waals surface area contributed by atoms with Crippen molar-refractivity contribution in [2.75, 3.05) is 26.2 Å². The number of rotatable bonds is 7. The molecule has 0 bridgehead atoms. The molecule has 5 nitrogen and oxygen atoms in total.